The van der Waals surface area contributed by atoms with Crippen molar-refractivity contribution in [2.24, 2.45) is 15.9 Å². The number of thioether (sulfide) groups is 1. The number of allylic oxidation sites excluding steroid dienone is 1. The van der Waals surface area contributed by atoms with E-state index in [1.807, 2.05) is 62.3 Å². The Kier molecular flexibility index (Phi) is 7.89. The lowest BCUT2D eigenvalue weighted by molar-refractivity contribution is -0.121. The molecule has 9 heteroatoms. The van der Waals surface area contributed by atoms with Gasteiger partial charge in [0.2, 0.25) is 11.8 Å². The molecule has 0 saturated carbocycles. The summed E-state index contributed by atoms with van der Waals surface area (Å²) in [6.45, 7) is 1.81. The number of hydrogen-bond acceptors (Lipinski definition) is 7. The standard InChI is InChI=1S/C24H27N5O3S/c1-16(5-6-17-7-9-18(10-8-17)28(2)3)26-27-24(25)33-21-15-22(30)29(23(21)31)19-11-13-20(32-4)14-12-19/h5-14,21H,15H2,1-4H3,(H2,25,27)/b6-5+,26-16-/t21-/m1/s1. The molecule has 2 aromatic rings. The van der Waals surface area contributed by atoms with Crippen LogP contribution >= 0.6 is 11.8 Å². The highest BCUT2D eigenvalue weighted by molar-refractivity contribution is 8.14. The van der Waals surface area contributed by atoms with E-state index in [0.29, 0.717) is 17.1 Å². The molecule has 1 aliphatic rings. The van der Waals surface area contributed by atoms with Gasteiger partial charge in [0.05, 0.1) is 18.5 Å². The third-order valence-electron chi connectivity index (χ3n) is 4.93. The Balaban J connectivity index is 1.60. The zero-order chi connectivity index (χ0) is 24.0. The van der Waals surface area contributed by atoms with Crippen LogP contribution in [-0.2, 0) is 9.59 Å². The quantitative estimate of drug-likeness (QED) is 0.291. The molecule has 0 aliphatic carbocycles. The predicted octanol–water partition coefficient (Wildman–Crippen LogP) is 3.53. The molecular formula is C24H27N5O3S. The topological polar surface area (TPSA) is 101 Å². The van der Waals surface area contributed by atoms with Gasteiger partial charge in [0.15, 0.2) is 5.17 Å². The van der Waals surface area contributed by atoms with Crippen LogP contribution in [-0.4, -0.2) is 49.1 Å². The monoisotopic (exact) mass is 465 g/mol. The Bertz CT molecular complexity index is 1090. The third kappa shape index (κ3) is 6.23. The van der Waals surface area contributed by atoms with Crippen LogP contribution in [0.4, 0.5) is 11.4 Å². The fourth-order valence-electron chi connectivity index (χ4n) is 3.13. The van der Waals surface area contributed by atoms with Crippen molar-refractivity contribution in [1.82, 2.24) is 0 Å². The minimum Gasteiger partial charge on any atom is -0.497 e. The van der Waals surface area contributed by atoms with Gasteiger partial charge in [-0.3, -0.25) is 9.59 Å². The smallest absolute Gasteiger partial charge is 0.247 e. The van der Waals surface area contributed by atoms with Gasteiger partial charge in [0.25, 0.3) is 0 Å². The van der Waals surface area contributed by atoms with Crippen LogP contribution in [0.5, 0.6) is 5.75 Å². The molecule has 2 N–H and O–H groups in total. The summed E-state index contributed by atoms with van der Waals surface area (Å²) in [4.78, 5) is 28.4. The zero-order valence-electron chi connectivity index (χ0n) is 19.1. The van der Waals surface area contributed by atoms with Crippen LogP contribution in [0.25, 0.3) is 6.08 Å². The number of rotatable bonds is 7. The number of imide groups is 1. The highest BCUT2D eigenvalue weighted by atomic mass is 32.2. The summed E-state index contributed by atoms with van der Waals surface area (Å²) in [5, 5.41) is 7.60. The van der Waals surface area contributed by atoms with Crippen LogP contribution in [0.3, 0.4) is 0 Å². The molecule has 0 bridgehead atoms. The maximum Gasteiger partial charge on any atom is 0.247 e. The largest absolute Gasteiger partial charge is 0.497 e. The van der Waals surface area contributed by atoms with Crippen molar-refractivity contribution in [3.05, 3.63) is 60.2 Å². The van der Waals surface area contributed by atoms with Gasteiger partial charge >= 0.3 is 0 Å². The Morgan fingerprint density at radius 1 is 1.12 bits per heavy atom. The number of amidine groups is 1. The van der Waals surface area contributed by atoms with Crippen LogP contribution in [0.15, 0.2) is 64.8 Å². The van der Waals surface area contributed by atoms with Crippen molar-refractivity contribution >= 4 is 51.9 Å². The number of nitrogens with two attached hydrogens (primary N) is 1. The molecule has 172 valence electrons. The number of hydrogen-bond donors (Lipinski definition) is 1. The zero-order valence-corrected chi connectivity index (χ0v) is 19.9. The molecule has 1 saturated heterocycles. The molecule has 0 aromatic heterocycles. The summed E-state index contributed by atoms with van der Waals surface area (Å²) in [5.74, 6) is 0.0430. The van der Waals surface area contributed by atoms with Crippen molar-refractivity contribution in [2.75, 3.05) is 31.0 Å². The Labute approximate surface area is 197 Å². The van der Waals surface area contributed by atoms with Crippen LogP contribution < -0.4 is 20.3 Å². The number of carbonyl (C=O) groups is 2. The van der Waals surface area contributed by atoms with Gasteiger partial charge in [-0.1, -0.05) is 30.0 Å². The summed E-state index contributed by atoms with van der Waals surface area (Å²) >= 11 is 1.04. The fourth-order valence-corrected chi connectivity index (χ4v) is 3.94. The van der Waals surface area contributed by atoms with Gasteiger partial charge < -0.3 is 15.4 Å². The van der Waals surface area contributed by atoms with E-state index in [2.05, 4.69) is 10.2 Å². The lowest BCUT2D eigenvalue weighted by Gasteiger charge is -2.15. The number of methoxy groups -OCH3 is 1. The maximum absolute atomic E-state index is 12.8. The van der Waals surface area contributed by atoms with Crippen molar-refractivity contribution in [2.45, 2.75) is 18.6 Å². The molecule has 2 aromatic carbocycles. The van der Waals surface area contributed by atoms with Crippen molar-refractivity contribution in [1.29, 1.82) is 0 Å². The van der Waals surface area contributed by atoms with E-state index in [-0.39, 0.29) is 23.4 Å². The molecule has 0 radical (unpaired) electrons. The first-order chi connectivity index (χ1) is 15.8. The Hall–Kier alpha value is -3.59. The Morgan fingerprint density at radius 3 is 2.39 bits per heavy atom. The summed E-state index contributed by atoms with van der Waals surface area (Å²) in [6.07, 6.45) is 3.82. The average Bonchev–Trinajstić information content (AvgIpc) is 3.09. The number of carbonyl (C=O) groups excluding carboxylic acids is 2. The van der Waals surface area contributed by atoms with Gasteiger partial charge in [-0.05, 0) is 55.0 Å². The van der Waals surface area contributed by atoms with E-state index in [4.69, 9.17) is 10.5 Å². The maximum atomic E-state index is 12.8. The van der Waals surface area contributed by atoms with Crippen LogP contribution in [0.1, 0.15) is 18.9 Å². The first-order valence-electron chi connectivity index (χ1n) is 10.3. The highest BCUT2D eigenvalue weighted by Crippen LogP contribution is 2.30. The molecule has 1 aliphatic heterocycles. The number of ether oxygens (including phenoxy) is 1. The van der Waals surface area contributed by atoms with Gasteiger partial charge in [-0.25, -0.2) is 4.90 Å². The van der Waals surface area contributed by atoms with Gasteiger partial charge in [-0.15, -0.1) is 5.10 Å². The average molecular weight is 466 g/mol. The fraction of sp³-hybridized carbons (Fsp3) is 0.250. The molecular weight excluding hydrogens is 438 g/mol. The first-order valence-corrected chi connectivity index (χ1v) is 11.2. The van der Waals surface area contributed by atoms with E-state index < -0.39 is 5.25 Å². The van der Waals surface area contributed by atoms with Crippen molar-refractivity contribution in [3.8, 4) is 5.75 Å². The SMILES string of the molecule is COc1ccc(N2C(=O)C[C@@H](SC(N)=N/N=C(C)\C=C\c3ccc(N(C)C)cc3)C2=O)cc1. The number of nitrogens with zero attached hydrogens (tertiary/aromatic N) is 4. The van der Waals surface area contributed by atoms with Crippen LogP contribution in [0, 0.1) is 0 Å². The van der Waals surface area contributed by atoms with Crippen molar-refractivity contribution in [3.63, 3.8) is 0 Å². The van der Waals surface area contributed by atoms with E-state index in [1.54, 1.807) is 31.4 Å². The van der Waals surface area contributed by atoms with Crippen LogP contribution in [0.2, 0.25) is 0 Å². The van der Waals surface area contributed by atoms with Gasteiger partial charge in [0, 0.05) is 26.2 Å². The Morgan fingerprint density at radius 2 is 1.79 bits per heavy atom. The number of amides is 2. The minimum atomic E-state index is -0.635. The molecule has 8 nitrogen and oxygen atoms in total. The van der Waals surface area contributed by atoms with E-state index in [0.717, 1.165) is 23.0 Å². The predicted molar refractivity (Wildman–Crippen MR) is 136 cm³/mol. The number of anilines is 2. The third-order valence-corrected chi connectivity index (χ3v) is 5.91. The highest BCUT2D eigenvalue weighted by Gasteiger charge is 2.40. The molecule has 1 atom stereocenters. The van der Waals surface area contributed by atoms with E-state index >= 15 is 0 Å². The molecule has 2 amide bonds. The van der Waals surface area contributed by atoms with Gasteiger partial charge in [-0.2, -0.15) is 5.10 Å². The second-order valence-electron chi connectivity index (χ2n) is 7.57. The molecule has 3 rings (SSSR count). The number of benzene rings is 2. The molecule has 33 heavy (non-hydrogen) atoms. The molecule has 1 heterocycles. The second kappa shape index (κ2) is 10.8. The van der Waals surface area contributed by atoms with Gasteiger partial charge in [0.1, 0.15) is 11.0 Å². The lowest BCUT2D eigenvalue weighted by Crippen LogP contribution is -2.31. The summed E-state index contributed by atoms with van der Waals surface area (Å²) in [5.41, 5.74) is 9.28. The van der Waals surface area contributed by atoms with E-state index in [9.17, 15) is 9.59 Å². The summed E-state index contributed by atoms with van der Waals surface area (Å²) in [7, 11) is 5.54. The summed E-state index contributed by atoms with van der Waals surface area (Å²) in [6, 6.07) is 14.9. The normalized spacial score (nSPS) is 17.2. The first kappa shape index (κ1) is 24.1. The second-order valence-corrected chi connectivity index (χ2v) is 8.80. The molecule has 1 fully saturated rings. The lowest BCUT2D eigenvalue weighted by atomic mass is 10.2. The summed E-state index contributed by atoms with van der Waals surface area (Å²) < 4.78 is 5.12. The van der Waals surface area contributed by atoms with E-state index in [1.165, 1.54) is 4.90 Å². The molecule has 0 unspecified atom stereocenters. The van der Waals surface area contributed by atoms with Crippen molar-refractivity contribution < 1.29 is 14.3 Å². The molecule has 0 spiro atoms. The minimum absolute atomic E-state index is 0.0529.